The zero-order valence-electron chi connectivity index (χ0n) is 14.0. The molecule has 1 aliphatic carbocycles. The topological polar surface area (TPSA) is 92.3 Å². The molecule has 2 amide bonds. The van der Waals surface area contributed by atoms with Crippen LogP contribution in [0.2, 0.25) is 0 Å². The van der Waals surface area contributed by atoms with E-state index in [2.05, 4.69) is 20.9 Å². The largest absolute Gasteiger partial charge is 0.497 e. The summed E-state index contributed by atoms with van der Waals surface area (Å²) in [6.45, 7) is 1.67. The zero-order valence-corrected chi connectivity index (χ0v) is 14.9. The first-order chi connectivity index (χ1) is 12.0. The van der Waals surface area contributed by atoms with Crippen LogP contribution < -0.4 is 20.7 Å². The minimum Gasteiger partial charge on any atom is -0.497 e. The van der Waals surface area contributed by atoms with Gasteiger partial charge in [0.1, 0.15) is 17.5 Å². The van der Waals surface area contributed by atoms with E-state index in [4.69, 9.17) is 4.74 Å². The molecule has 1 aliphatic rings. The SMILES string of the molecule is COc1ccc(Nc2nc(C(=O)NC(C)C(=O)NC3CC3)cs2)cc1. The van der Waals surface area contributed by atoms with Crippen molar-refractivity contribution in [3.63, 3.8) is 0 Å². The maximum atomic E-state index is 12.2. The number of hydrogen-bond acceptors (Lipinski definition) is 6. The van der Waals surface area contributed by atoms with Crippen LogP contribution in [0.1, 0.15) is 30.3 Å². The van der Waals surface area contributed by atoms with E-state index >= 15 is 0 Å². The van der Waals surface area contributed by atoms with Crippen LogP contribution in [0.5, 0.6) is 5.75 Å². The van der Waals surface area contributed by atoms with Crippen molar-refractivity contribution in [1.82, 2.24) is 15.6 Å². The summed E-state index contributed by atoms with van der Waals surface area (Å²) in [6.07, 6.45) is 2.03. The van der Waals surface area contributed by atoms with Crippen LogP contribution in [-0.2, 0) is 4.79 Å². The van der Waals surface area contributed by atoms with Gasteiger partial charge in [0, 0.05) is 17.1 Å². The van der Waals surface area contributed by atoms with E-state index in [0.29, 0.717) is 5.13 Å². The van der Waals surface area contributed by atoms with E-state index < -0.39 is 6.04 Å². The first-order valence-corrected chi connectivity index (χ1v) is 8.91. The minimum atomic E-state index is -0.590. The smallest absolute Gasteiger partial charge is 0.271 e. The number of hydrogen-bond donors (Lipinski definition) is 3. The number of ether oxygens (including phenoxy) is 1. The quantitative estimate of drug-likeness (QED) is 0.705. The maximum absolute atomic E-state index is 12.2. The predicted molar refractivity (Wildman–Crippen MR) is 96.5 cm³/mol. The van der Waals surface area contributed by atoms with Crippen molar-refractivity contribution in [1.29, 1.82) is 0 Å². The van der Waals surface area contributed by atoms with Crippen molar-refractivity contribution in [3.8, 4) is 5.75 Å². The van der Waals surface area contributed by atoms with Gasteiger partial charge in [-0.05, 0) is 44.0 Å². The number of amides is 2. The Morgan fingerprint density at radius 1 is 1.28 bits per heavy atom. The van der Waals surface area contributed by atoms with Crippen molar-refractivity contribution in [2.75, 3.05) is 12.4 Å². The average molecular weight is 360 g/mol. The third-order valence-corrected chi connectivity index (χ3v) is 4.50. The summed E-state index contributed by atoms with van der Waals surface area (Å²) < 4.78 is 5.11. The Bertz CT molecular complexity index is 756. The number of rotatable bonds is 7. The zero-order chi connectivity index (χ0) is 17.8. The molecular weight excluding hydrogens is 340 g/mol. The molecule has 3 rings (SSSR count). The number of carbonyl (C=O) groups is 2. The van der Waals surface area contributed by atoms with Gasteiger partial charge in [-0.15, -0.1) is 11.3 Å². The number of anilines is 2. The summed E-state index contributed by atoms with van der Waals surface area (Å²) in [7, 11) is 1.61. The molecule has 7 nitrogen and oxygen atoms in total. The fourth-order valence-corrected chi connectivity index (χ4v) is 2.83. The lowest BCUT2D eigenvalue weighted by Crippen LogP contribution is -2.45. The van der Waals surface area contributed by atoms with E-state index in [-0.39, 0.29) is 23.6 Å². The van der Waals surface area contributed by atoms with Crippen molar-refractivity contribution in [2.24, 2.45) is 0 Å². The Kier molecular flexibility index (Phi) is 5.18. The van der Waals surface area contributed by atoms with Crippen LogP contribution in [0.25, 0.3) is 0 Å². The standard InChI is InChI=1S/C17H20N4O3S/c1-10(15(22)19-11-3-4-11)18-16(23)14-9-25-17(21-14)20-12-5-7-13(24-2)8-6-12/h5-11H,3-4H2,1-2H3,(H,18,23)(H,19,22)(H,20,21). The number of carbonyl (C=O) groups excluding carboxylic acids is 2. The molecular formula is C17H20N4O3S. The molecule has 0 radical (unpaired) electrons. The molecule has 1 aromatic carbocycles. The highest BCUT2D eigenvalue weighted by Crippen LogP contribution is 2.23. The Balaban J connectivity index is 1.55. The van der Waals surface area contributed by atoms with Gasteiger partial charge in [-0.1, -0.05) is 0 Å². The lowest BCUT2D eigenvalue weighted by molar-refractivity contribution is -0.122. The molecule has 3 N–H and O–H groups in total. The predicted octanol–water partition coefficient (Wildman–Crippen LogP) is 2.29. The number of thiazole rings is 1. The molecule has 1 aromatic heterocycles. The molecule has 0 spiro atoms. The van der Waals surface area contributed by atoms with Crippen LogP contribution in [0, 0.1) is 0 Å². The highest BCUT2D eigenvalue weighted by atomic mass is 32.1. The van der Waals surface area contributed by atoms with Gasteiger partial charge in [0.05, 0.1) is 7.11 Å². The van der Waals surface area contributed by atoms with E-state index in [1.807, 2.05) is 24.3 Å². The van der Waals surface area contributed by atoms with Gasteiger partial charge in [-0.3, -0.25) is 9.59 Å². The number of aromatic nitrogens is 1. The number of nitrogens with one attached hydrogen (secondary N) is 3. The summed E-state index contributed by atoms with van der Waals surface area (Å²) >= 11 is 1.32. The number of nitrogens with zero attached hydrogens (tertiary/aromatic N) is 1. The molecule has 0 bridgehead atoms. The van der Waals surface area contributed by atoms with Gasteiger partial charge < -0.3 is 20.7 Å². The van der Waals surface area contributed by atoms with Gasteiger partial charge >= 0.3 is 0 Å². The van der Waals surface area contributed by atoms with E-state index in [1.54, 1.807) is 19.4 Å². The fourth-order valence-electron chi connectivity index (χ4n) is 2.12. The van der Waals surface area contributed by atoms with Gasteiger partial charge in [0.15, 0.2) is 5.13 Å². The van der Waals surface area contributed by atoms with Crippen LogP contribution in [-0.4, -0.2) is 36.0 Å². The van der Waals surface area contributed by atoms with Gasteiger partial charge in [0.2, 0.25) is 5.91 Å². The number of methoxy groups -OCH3 is 1. The van der Waals surface area contributed by atoms with E-state index in [1.165, 1.54) is 11.3 Å². The second kappa shape index (κ2) is 7.52. The third-order valence-electron chi connectivity index (χ3n) is 3.74. The molecule has 2 aromatic rings. The first kappa shape index (κ1) is 17.2. The highest BCUT2D eigenvalue weighted by Gasteiger charge is 2.26. The second-order valence-corrected chi connectivity index (χ2v) is 6.73. The lowest BCUT2D eigenvalue weighted by atomic mass is 10.3. The van der Waals surface area contributed by atoms with Gasteiger partial charge in [-0.2, -0.15) is 0 Å². The fraction of sp³-hybridized carbons (Fsp3) is 0.353. The first-order valence-electron chi connectivity index (χ1n) is 8.03. The summed E-state index contributed by atoms with van der Waals surface area (Å²) in [5, 5.41) is 10.9. The Morgan fingerprint density at radius 3 is 2.64 bits per heavy atom. The third kappa shape index (κ3) is 4.69. The molecule has 1 fully saturated rings. The Hall–Kier alpha value is -2.61. The van der Waals surface area contributed by atoms with Gasteiger partial charge in [-0.25, -0.2) is 4.98 Å². The summed E-state index contributed by atoms with van der Waals surface area (Å²) in [5.74, 6) is 0.239. The summed E-state index contributed by atoms with van der Waals surface area (Å²) in [4.78, 5) is 28.4. The van der Waals surface area contributed by atoms with Crippen molar-refractivity contribution in [2.45, 2.75) is 31.8 Å². The van der Waals surface area contributed by atoms with Crippen molar-refractivity contribution in [3.05, 3.63) is 35.3 Å². The molecule has 0 saturated heterocycles. The summed E-state index contributed by atoms with van der Waals surface area (Å²) in [5.41, 5.74) is 1.13. The van der Waals surface area contributed by atoms with Gasteiger partial charge in [0.25, 0.3) is 5.91 Å². The van der Waals surface area contributed by atoms with Crippen LogP contribution >= 0.6 is 11.3 Å². The summed E-state index contributed by atoms with van der Waals surface area (Å²) in [6, 6.07) is 7.08. The molecule has 25 heavy (non-hydrogen) atoms. The molecule has 132 valence electrons. The highest BCUT2D eigenvalue weighted by molar-refractivity contribution is 7.14. The normalized spacial score (nSPS) is 14.5. The van der Waals surface area contributed by atoms with E-state index in [9.17, 15) is 9.59 Å². The lowest BCUT2D eigenvalue weighted by Gasteiger charge is -2.12. The molecule has 8 heteroatoms. The van der Waals surface area contributed by atoms with Crippen LogP contribution in [0.15, 0.2) is 29.6 Å². The molecule has 1 unspecified atom stereocenters. The molecule has 1 saturated carbocycles. The van der Waals surface area contributed by atoms with E-state index in [0.717, 1.165) is 24.3 Å². The Labute approximate surface area is 149 Å². The van der Waals surface area contributed by atoms with Crippen LogP contribution in [0.4, 0.5) is 10.8 Å². The van der Waals surface area contributed by atoms with Crippen molar-refractivity contribution < 1.29 is 14.3 Å². The molecule has 1 atom stereocenters. The van der Waals surface area contributed by atoms with Crippen molar-refractivity contribution >= 4 is 34.0 Å². The maximum Gasteiger partial charge on any atom is 0.271 e. The monoisotopic (exact) mass is 360 g/mol. The minimum absolute atomic E-state index is 0.164. The average Bonchev–Trinajstić information content (AvgIpc) is 3.30. The molecule has 0 aliphatic heterocycles. The van der Waals surface area contributed by atoms with Crippen LogP contribution in [0.3, 0.4) is 0 Å². The molecule has 1 heterocycles. The second-order valence-electron chi connectivity index (χ2n) is 5.87. The number of benzene rings is 1. The Morgan fingerprint density at radius 2 is 2.00 bits per heavy atom.